The van der Waals surface area contributed by atoms with Crippen molar-refractivity contribution in [1.82, 2.24) is 9.80 Å². The molecule has 244 valence electrons. The van der Waals surface area contributed by atoms with E-state index in [1.165, 1.54) is 57.5 Å². The van der Waals surface area contributed by atoms with Crippen LogP contribution in [0, 0.1) is 6.92 Å². The number of aliphatic imine (C=N–C) groups is 1. The summed E-state index contributed by atoms with van der Waals surface area (Å²) in [6, 6.07) is 18.1. The molecule has 0 radical (unpaired) electrons. The van der Waals surface area contributed by atoms with Crippen LogP contribution in [0.1, 0.15) is 71.9 Å². The van der Waals surface area contributed by atoms with Crippen LogP contribution in [-0.2, 0) is 9.59 Å². The lowest BCUT2D eigenvalue weighted by atomic mass is 10.0. The molecule has 2 aromatic rings. The van der Waals surface area contributed by atoms with Crippen molar-refractivity contribution in [1.29, 1.82) is 0 Å². The molecule has 0 spiro atoms. The van der Waals surface area contributed by atoms with Crippen LogP contribution in [0.2, 0.25) is 0 Å². The van der Waals surface area contributed by atoms with Crippen LogP contribution in [0.4, 0.5) is 5.69 Å². The number of nitrogens with zero attached hydrogens (tertiary/aromatic N) is 3. The summed E-state index contributed by atoms with van der Waals surface area (Å²) in [6.45, 7) is 32.9. The quantitative estimate of drug-likeness (QED) is 0.125. The SMILES string of the molecule is C=C.C=C(C(=O)Nc1ccccc1)C(N)=N/C=C(\C)c1ccc(C)cc1.C=O.CC.CCCN1CCC(N(CC)CC)CC1. The Hall–Kier alpha value is -3.81. The first-order valence-electron chi connectivity index (χ1n) is 15.7. The lowest BCUT2D eigenvalue weighted by Gasteiger charge is -2.37. The van der Waals surface area contributed by atoms with Crippen LogP contribution >= 0.6 is 0 Å². The molecule has 0 bridgehead atoms. The average Bonchev–Trinajstić information content (AvgIpc) is 3.08. The van der Waals surface area contributed by atoms with Crippen molar-refractivity contribution in [3.8, 4) is 0 Å². The van der Waals surface area contributed by atoms with E-state index in [0.29, 0.717) is 5.69 Å². The third-order valence-electron chi connectivity index (χ3n) is 6.94. The third-order valence-corrected chi connectivity index (χ3v) is 6.94. The normalized spacial score (nSPS) is 13.4. The number of anilines is 1. The van der Waals surface area contributed by atoms with E-state index in [2.05, 4.69) is 60.6 Å². The van der Waals surface area contributed by atoms with E-state index in [-0.39, 0.29) is 17.3 Å². The zero-order valence-corrected chi connectivity index (χ0v) is 28.6. The highest BCUT2D eigenvalue weighted by molar-refractivity contribution is 6.23. The summed E-state index contributed by atoms with van der Waals surface area (Å²) in [7, 11) is 0. The maximum atomic E-state index is 12.1. The van der Waals surface area contributed by atoms with Gasteiger partial charge < -0.3 is 25.6 Å². The Balaban J connectivity index is 0. The Labute approximate surface area is 268 Å². The zero-order chi connectivity index (χ0) is 33.9. The molecule has 0 atom stereocenters. The molecule has 3 N–H and O–H groups in total. The molecule has 1 aliphatic heterocycles. The molecule has 0 aliphatic carbocycles. The van der Waals surface area contributed by atoms with Crippen LogP contribution in [0.3, 0.4) is 0 Å². The molecular weight excluding hydrogens is 546 g/mol. The first-order chi connectivity index (χ1) is 21.3. The molecule has 1 aliphatic rings. The molecule has 1 amide bonds. The highest BCUT2D eigenvalue weighted by Gasteiger charge is 2.21. The van der Waals surface area contributed by atoms with E-state index >= 15 is 0 Å². The minimum absolute atomic E-state index is 0.0925. The van der Waals surface area contributed by atoms with E-state index in [0.717, 1.165) is 17.2 Å². The van der Waals surface area contributed by atoms with Crippen molar-refractivity contribution in [2.24, 2.45) is 10.7 Å². The second-order valence-corrected chi connectivity index (χ2v) is 9.79. The van der Waals surface area contributed by atoms with Gasteiger partial charge in [0, 0.05) is 17.9 Å². The Bertz CT molecular complexity index is 1080. The number of hydrogen-bond acceptors (Lipinski definition) is 5. The van der Waals surface area contributed by atoms with Crippen molar-refractivity contribution in [2.45, 2.75) is 73.8 Å². The molecule has 1 saturated heterocycles. The number of piperidine rings is 1. The zero-order valence-electron chi connectivity index (χ0n) is 28.6. The van der Waals surface area contributed by atoms with Gasteiger partial charge in [-0.3, -0.25) is 4.79 Å². The van der Waals surface area contributed by atoms with Crippen LogP contribution in [-0.4, -0.2) is 67.1 Å². The molecule has 7 heteroatoms. The predicted octanol–water partition coefficient (Wildman–Crippen LogP) is 7.75. The Kier molecular flexibility index (Phi) is 25.8. The molecular formula is C37H59N5O2. The maximum absolute atomic E-state index is 12.1. The molecule has 0 aromatic heterocycles. The smallest absolute Gasteiger partial charge is 0.258 e. The van der Waals surface area contributed by atoms with Crippen molar-refractivity contribution < 1.29 is 9.59 Å². The van der Waals surface area contributed by atoms with Gasteiger partial charge in [0.1, 0.15) is 12.6 Å². The lowest BCUT2D eigenvalue weighted by Crippen LogP contribution is -2.44. The molecule has 2 aromatic carbocycles. The Morgan fingerprint density at radius 2 is 1.52 bits per heavy atom. The highest BCUT2D eigenvalue weighted by Crippen LogP contribution is 2.16. The van der Waals surface area contributed by atoms with E-state index in [1.54, 1.807) is 18.3 Å². The van der Waals surface area contributed by atoms with Gasteiger partial charge in [-0.15, -0.1) is 13.2 Å². The standard InChI is InChI=1S/C20H21N3O.C12H26N2.C2H6.C2H4.CH2O/c1-14-9-11-17(12-10-14)15(2)13-22-19(21)16(3)20(24)23-18-7-5-4-6-8-18;1-4-9-13-10-7-12(8-11-13)14(5-2)6-3;3*1-2/h4-13H,3H2,1-2H3,(H2,21,22)(H,23,24);12H,4-11H2,1-3H3;1-2H3;1-2H2;1H2/b15-13+;;;;. The monoisotopic (exact) mass is 605 g/mol. The number of aryl methyl sites for hydroxylation is 1. The number of rotatable bonds is 10. The highest BCUT2D eigenvalue weighted by atomic mass is 16.1. The number of carbonyl (C=O) groups excluding carboxylic acids is 2. The summed E-state index contributed by atoms with van der Waals surface area (Å²) in [5.41, 5.74) is 9.88. The van der Waals surface area contributed by atoms with Gasteiger partial charge in [-0.05, 0) is 89.1 Å². The maximum Gasteiger partial charge on any atom is 0.258 e. The van der Waals surface area contributed by atoms with Gasteiger partial charge in [0.2, 0.25) is 0 Å². The number of likely N-dealkylation sites (tertiary alicyclic amines) is 1. The van der Waals surface area contributed by atoms with Gasteiger partial charge in [0.05, 0.1) is 5.57 Å². The second kappa shape index (κ2) is 26.8. The second-order valence-electron chi connectivity index (χ2n) is 9.79. The van der Waals surface area contributed by atoms with Crippen LogP contribution < -0.4 is 11.1 Å². The van der Waals surface area contributed by atoms with E-state index in [4.69, 9.17) is 10.5 Å². The summed E-state index contributed by atoms with van der Waals surface area (Å²) in [6.07, 6.45) is 5.69. The summed E-state index contributed by atoms with van der Waals surface area (Å²) < 4.78 is 0. The van der Waals surface area contributed by atoms with Gasteiger partial charge in [0.15, 0.2) is 0 Å². The number of amidine groups is 1. The minimum Gasteiger partial charge on any atom is -0.383 e. The number of allylic oxidation sites excluding steroid dienone is 1. The fourth-order valence-corrected chi connectivity index (χ4v) is 4.54. The third kappa shape index (κ3) is 16.7. The summed E-state index contributed by atoms with van der Waals surface area (Å²) in [5, 5.41) is 2.73. The fraction of sp³-hybridized carbons (Fsp3) is 0.432. The molecule has 1 heterocycles. The van der Waals surface area contributed by atoms with Crippen molar-refractivity contribution >= 4 is 29.8 Å². The topological polar surface area (TPSA) is 91.0 Å². The van der Waals surface area contributed by atoms with Gasteiger partial charge in [-0.1, -0.05) is 89.2 Å². The molecule has 0 unspecified atom stereocenters. The number of hydrogen-bond donors (Lipinski definition) is 2. The summed E-state index contributed by atoms with van der Waals surface area (Å²) in [5.74, 6) is -0.279. The molecule has 7 nitrogen and oxygen atoms in total. The molecule has 44 heavy (non-hydrogen) atoms. The number of carbonyl (C=O) groups is 2. The number of para-hydroxylation sites is 1. The number of benzene rings is 2. The first kappa shape index (κ1) is 42.3. The molecule has 0 saturated carbocycles. The Morgan fingerprint density at radius 1 is 1.00 bits per heavy atom. The predicted molar refractivity (Wildman–Crippen MR) is 193 cm³/mol. The fourth-order valence-electron chi connectivity index (χ4n) is 4.54. The van der Waals surface area contributed by atoms with Gasteiger partial charge in [-0.2, -0.15) is 0 Å². The summed E-state index contributed by atoms with van der Waals surface area (Å²) >= 11 is 0. The number of nitrogens with two attached hydrogens (primary N) is 1. The van der Waals surface area contributed by atoms with Crippen LogP contribution in [0.15, 0.2) is 91.1 Å². The Morgan fingerprint density at radius 3 is 2.00 bits per heavy atom. The van der Waals surface area contributed by atoms with Gasteiger partial charge >= 0.3 is 0 Å². The van der Waals surface area contributed by atoms with Crippen molar-refractivity contribution in [2.75, 3.05) is 38.0 Å². The van der Waals surface area contributed by atoms with Crippen molar-refractivity contribution in [3.63, 3.8) is 0 Å². The first-order valence-corrected chi connectivity index (χ1v) is 15.7. The van der Waals surface area contributed by atoms with Crippen molar-refractivity contribution in [3.05, 3.63) is 97.2 Å². The van der Waals surface area contributed by atoms with E-state index < -0.39 is 0 Å². The summed E-state index contributed by atoms with van der Waals surface area (Å²) in [4.78, 5) is 29.5. The van der Waals surface area contributed by atoms with Gasteiger partial charge in [0.25, 0.3) is 5.91 Å². The average molecular weight is 606 g/mol. The molecule has 1 fully saturated rings. The molecule has 3 rings (SSSR count). The van der Waals surface area contributed by atoms with Crippen LogP contribution in [0.5, 0.6) is 0 Å². The van der Waals surface area contributed by atoms with E-state index in [9.17, 15) is 4.79 Å². The van der Waals surface area contributed by atoms with Crippen LogP contribution in [0.25, 0.3) is 5.57 Å². The number of nitrogens with one attached hydrogen (secondary N) is 1. The largest absolute Gasteiger partial charge is 0.383 e. The van der Waals surface area contributed by atoms with Gasteiger partial charge in [-0.25, -0.2) is 4.99 Å². The minimum atomic E-state index is -0.371. The van der Waals surface area contributed by atoms with E-state index in [1.807, 2.05) is 76.9 Å². The number of amides is 1. The lowest BCUT2D eigenvalue weighted by molar-refractivity contribution is -0.112.